The first-order valence-electron chi connectivity index (χ1n) is 8.57. The van der Waals surface area contributed by atoms with Crippen LogP contribution in [-0.4, -0.2) is 49.9 Å². The second-order valence-corrected chi connectivity index (χ2v) is 8.90. The number of aromatic amines is 1. The molecule has 8 nitrogen and oxygen atoms in total. The van der Waals surface area contributed by atoms with Crippen LogP contribution in [-0.2, 0) is 22.7 Å². The molecular formula is C17H20N6O2S. The van der Waals surface area contributed by atoms with Crippen LogP contribution in [0.1, 0.15) is 29.4 Å². The number of sulfone groups is 1. The third-order valence-corrected chi connectivity index (χ3v) is 6.39. The number of H-pyrrole nitrogens is 1. The third-order valence-electron chi connectivity index (χ3n) is 4.64. The topological polar surface area (TPSA) is 106 Å². The molecule has 1 fully saturated rings. The van der Waals surface area contributed by atoms with Crippen molar-refractivity contribution in [1.82, 2.24) is 29.9 Å². The fraction of sp³-hybridized carbons (Fsp3) is 0.412. The molecule has 1 saturated heterocycles. The quantitative estimate of drug-likeness (QED) is 0.728. The van der Waals surface area contributed by atoms with Gasteiger partial charge in [-0.15, -0.1) is 5.10 Å². The van der Waals surface area contributed by atoms with Gasteiger partial charge in [-0.05, 0) is 25.3 Å². The molecule has 0 radical (unpaired) electrons. The lowest BCUT2D eigenvalue weighted by atomic mass is 10.1. The van der Waals surface area contributed by atoms with Crippen LogP contribution in [0.25, 0.3) is 11.6 Å². The van der Waals surface area contributed by atoms with E-state index < -0.39 is 9.84 Å². The fourth-order valence-corrected chi connectivity index (χ4v) is 4.90. The largest absolute Gasteiger partial charge is 0.257 e. The number of benzene rings is 1. The Bertz CT molecular complexity index is 993. The smallest absolute Gasteiger partial charge is 0.218 e. The first-order chi connectivity index (χ1) is 12.5. The highest BCUT2D eigenvalue weighted by Crippen LogP contribution is 2.26. The number of hydrogen-bond acceptors (Lipinski definition) is 6. The maximum absolute atomic E-state index is 11.9. The lowest BCUT2D eigenvalue weighted by molar-refractivity contribution is 0.476. The minimum absolute atomic E-state index is 0.115. The Hall–Kier alpha value is -2.55. The van der Waals surface area contributed by atoms with E-state index >= 15 is 0 Å². The van der Waals surface area contributed by atoms with Gasteiger partial charge < -0.3 is 0 Å². The molecule has 0 aliphatic carbocycles. The maximum Gasteiger partial charge on any atom is 0.218 e. The Labute approximate surface area is 151 Å². The molecule has 3 heterocycles. The standard InChI is InChI=1S/C17H20N6O2S/c1-12-2-4-13(5-3-12)6-7-15-20-17(16-18-11-19-21-16)22-23(15)14-8-9-26(24,25)10-14/h2-5,11,14H,6-10H2,1H3,(H,18,19,21). The second-order valence-electron chi connectivity index (χ2n) is 6.67. The number of hydrogen-bond donors (Lipinski definition) is 1. The summed E-state index contributed by atoms with van der Waals surface area (Å²) in [6.07, 6.45) is 3.47. The molecule has 9 heteroatoms. The molecule has 3 aromatic rings. The van der Waals surface area contributed by atoms with E-state index in [1.807, 2.05) is 0 Å². The minimum atomic E-state index is -3.00. The van der Waals surface area contributed by atoms with Gasteiger partial charge in [0.1, 0.15) is 12.2 Å². The van der Waals surface area contributed by atoms with E-state index in [1.54, 1.807) is 4.68 Å². The summed E-state index contributed by atoms with van der Waals surface area (Å²) in [5, 5.41) is 11.1. The predicted octanol–water partition coefficient (Wildman–Crippen LogP) is 1.52. The van der Waals surface area contributed by atoms with Crippen molar-refractivity contribution in [3.8, 4) is 11.6 Å². The molecular weight excluding hydrogens is 352 g/mol. The first kappa shape index (κ1) is 16.9. The summed E-state index contributed by atoms with van der Waals surface area (Å²) in [7, 11) is -3.00. The Kier molecular flexibility index (Phi) is 4.31. The van der Waals surface area contributed by atoms with Crippen LogP contribution in [0.4, 0.5) is 0 Å². The van der Waals surface area contributed by atoms with E-state index in [0.717, 1.165) is 12.2 Å². The van der Waals surface area contributed by atoms with Crippen LogP contribution in [0, 0.1) is 6.92 Å². The first-order valence-corrected chi connectivity index (χ1v) is 10.4. The number of aryl methyl sites for hydroxylation is 3. The molecule has 1 N–H and O–H groups in total. The minimum Gasteiger partial charge on any atom is -0.257 e. The average molecular weight is 372 g/mol. The summed E-state index contributed by atoms with van der Waals surface area (Å²) in [4.78, 5) is 8.70. The van der Waals surface area contributed by atoms with Crippen LogP contribution in [0.2, 0.25) is 0 Å². The molecule has 4 rings (SSSR count). The van der Waals surface area contributed by atoms with Crippen molar-refractivity contribution in [2.75, 3.05) is 11.5 Å². The van der Waals surface area contributed by atoms with Crippen molar-refractivity contribution < 1.29 is 8.42 Å². The Morgan fingerprint density at radius 2 is 2.04 bits per heavy atom. The van der Waals surface area contributed by atoms with Gasteiger partial charge in [-0.2, -0.15) is 5.10 Å². The van der Waals surface area contributed by atoms with Gasteiger partial charge in [0.15, 0.2) is 15.7 Å². The van der Waals surface area contributed by atoms with Gasteiger partial charge in [0.25, 0.3) is 0 Å². The van der Waals surface area contributed by atoms with Crippen LogP contribution < -0.4 is 0 Å². The summed E-state index contributed by atoms with van der Waals surface area (Å²) in [6, 6.07) is 8.21. The van der Waals surface area contributed by atoms with Gasteiger partial charge in [0, 0.05) is 6.42 Å². The summed E-state index contributed by atoms with van der Waals surface area (Å²) < 4.78 is 25.5. The molecule has 0 bridgehead atoms. The lowest BCUT2D eigenvalue weighted by Crippen LogP contribution is -2.16. The van der Waals surface area contributed by atoms with Crippen LogP contribution in [0.5, 0.6) is 0 Å². The zero-order valence-electron chi connectivity index (χ0n) is 14.5. The van der Waals surface area contributed by atoms with Crippen LogP contribution in [0.15, 0.2) is 30.6 Å². The average Bonchev–Trinajstić information content (AvgIpc) is 3.33. The molecule has 26 heavy (non-hydrogen) atoms. The van der Waals surface area contributed by atoms with Crippen molar-refractivity contribution in [2.24, 2.45) is 0 Å². The number of nitrogens with zero attached hydrogens (tertiary/aromatic N) is 5. The molecule has 1 aliphatic heterocycles. The Morgan fingerprint density at radius 3 is 2.69 bits per heavy atom. The molecule has 0 spiro atoms. The molecule has 2 aromatic heterocycles. The number of nitrogens with one attached hydrogen (secondary N) is 1. The summed E-state index contributed by atoms with van der Waals surface area (Å²) in [5.74, 6) is 2.03. The monoisotopic (exact) mass is 372 g/mol. The summed E-state index contributed by atoms with van der Waals surface area (Å²) >= 11 is 0. The number of aromatic nitrogens is 6. The zero-order valence-corrected chi connectivity index (χ0v) is 15.3. The van der Waals surface area contributed by atoms with E-state index in [1.165, 1.54) is 17.5 Å². The Balaban J connectivity index is 1.62. The zero-order chi connectivity index (χ0) is 18.1. The van der Waals surface area contributed by atoms with E-state index in [9.17, 15) is 8.42 Å². The van der Waals surface area contributed by atoms with Gasteiger partial charge in [-0.25, -0.2) is 23.1 Å². The second kappa shape index (κ2) is 6.64. The highest BCUT2D eigenvalue weighted by molar-refractivity contribution is 7.91. The number of rotatable bonds is 5. The van der Waals surface area contributed by atoms with E-state index in [2.05, 4.69) is 56.5 Å². The third kappa shape index (κ3) is 3.52. The van der Waals surface area contributed by atoms with Crippen molar-refractivity contribution >= 4 is 9.84 Å². The fourth-order valence-electron chi connectivity index (χ4n) is 3.21. The normalized spacial score (nSPS) is 19.0. The molecule has 1 atom stereocenters. The van der Waals surface area contributed by atoms with Crippen molar-refractivity contribution in [1.29, 1.82) is 0 Å². The Morgan fingerprint density at radius 1 is 1.23 bits per heavy atom. The molecule has 0 amide bonds. The predicted molar refractivity (Wildman–Crippen MR) is 96.3 cm³/mol. The van der Waals surface area contributed by atoms with E-state index in [-0.39, 0.29) is 17.5 Å². The van der Waals surface area contributed by atoms with Gasteiger partial charge in [0.2, 0.25) is 5.82 Å². The molecule has 1 aliphatic rings. The van der Waals surface area contributed by atoms with E-state index in [4.69, 9.17) is 0 Å². The molecule has 0 saturated carbocycles. The SMILES string of the molecule is Cc1ccc(CCc2nc(-c3ncn[nH]3)nn2C2CCS(=O)(=O)C2)cc1. The molecule has 136 valence electrons. The molecule has 1 aromatic carbocycles. The van der Waals surface area contributed by atoms with E-state index in [0.29, 0.717) is 24.5 Å². The lowest BCUT2D eigenvalue weighted by Gasteiger charge is -2.11. The van der Waals surface area contributed by atoms with Crippen LogP contribution in [0.3, 0.4) is 0 Å². The highest BCUT2D eigenvalue weighted by atomic mass is 32.2. The van der Waals surface area contributed by atoms with Crippen molar-refractivity contribution in [3.05, 3.63) is 47.5 Å². The van der Waals surface area contributed by atoms with Crippen molar-refractivity contribution in [2.45, 2.75) is 32.2 Å². The van der Waals surface area contributed by atoms with Crippen LogP contribution >= 0.6 is 0 Å². The molecule has 1 unspecified atom stereocenters. The van der Waals surface area contributed by atoms with Crippen molar-refractivity contribution in [3.63, 3.8) is 0 Å². The van der Waals surface area contributed by atoms with Gasteiger partial charge in [-0.3, -0.25) is 5.10 Å². The highest BCUT2D eigenvalue weighted by Gasteiger charge is 2.32. The van der Waals surface area contributed by atoms with Gasteiger partial charge in [-0.1, -0.05) is 29.8 Å². The summed E-state index contributed by atoms with van der Waals surface area (Å²) in [5.41, 5.74) is 2.44. The maximum atomic E-state index is 11.9. The van der Waals surface area contributed by atoms with Gasteiger partial charge >= 0.3 is 0 Å². The summed E-state index contributed by atoms with van der Waals surface area (Å²) in [6.45, 7) is 2.06. The van der Waals surface area contributed by atoms with Gasteiger partial charge in [0.05, 0.1) is 17.5 Å².